The molecule has 0 heterocycles. The first-order chi connectivity index (χ1) is 7.97. The molecule has 102 valence electrons. The summed E-state index contributed by atoms with van der Waals surface area (Å²) in [7, 11) is 3.78. The fraction of sp³-hybridized carbons (Fsp3) is 0.917. The average molecular weight is 245 g/mol. The number of hydrogen-bond donors (Lipinski definition) is 2. The van der Waals surface area contributed by atoms with Crippen LogP contribution in [-0.4, -0.2) is 67.2 Å². The predicted molar refractivity (Wildman–Crippen MR) is 69.7 cm³/mol. The molecule has 0 aromatic carbocycles. The molecular weight excluding hydrogens is 218 g/mol. The van der Waals surface area contributed by atoms with Gasteiger partial charge in [0, 0.05) is 33.1 Å². The van der Waals surface area contributed by atoms with Crippen LogP contribution in [0.1, 0.15) is 26.2 Å². The number of carbonyl (C=O) groups excluding carboxylic acids is 1. The Hall–Kier alpha value is -0.650. The van der Waals surface area contributed by atoms with Crippen molar-refractivity contribution in [3.05, 3.63) is 0 Å². The summed E-state index contributed by atoms with van der Waals surface area (Å²) in [6.07, 6.45) is 1.84. The molecule has 0 aromatic rings. The van der Waals surface area contributed by atoms with Gasteiger partial charge in [0.2, 0.25) is 5.91 Å². The second-order valence-corrected chi connectivity index (χ2v) is 4.65. The van der Waals surface area contributed by atoms with Crippen LogP contribution in [0.3, 0.4) is 0 Å². The third-order valence-corrected chi connectivity index (χ3v) is 2.76. The lowest BCUT2D eigenvalue weighted by molar-refractivity contribution is -0.130. The maximum Gasteiger partial charge on any atom is 0.223 e. The highest BCUT2D eigenvalue weighted by Crippen LogP contribution is 1.97. The summed E-state index contributed by atoms with van der Waals surface area (Å²) in [5, 5.41) is 9.15. The van der Waals surface area contributed by atoms with Gasteiger partial charge in [-0.05, 0) is 33.4 Å². The van der Waals surface area contributed by atoms with Crippen LogP contribution in [0.4, 0.5) is 0 Å². The number of carbonyl (C=O) groups is 1. The zero-order chi connectivity index (χ0) is 13.3. The number of rotatable bonds is 9. The van der Waals surface area contributed by atoms with Gasteiger partial charge < -0.3 is 20.6 Å². The van der Waals surface area contributed by atoms with Crippen molar-refractivity contribution < 1.29 is 9.90 Å². The van der Waals surface area contributed by atoms with Crippen molar-refractivity contribution in [3.8, 4) is 0 Å². The van der Waals surface area contributed by atoms with Crippen molar-refractivity contribution in [2.24, 2.45) is 5.73 Å². The fourth-order valence-electron chi connectivity index (χ4n) is 1.45. The van der Waals surface area contributed by atoms with Gasteiger partial charge in [-0.15, -0.1) is 0 Å². The largest absolute Gasteiger partial charge is 0.393 e. The molecule has 0 bridgehead atoms. The van der Waals surface area contributed by atoms with Gasteiger partial charge in [-0.3, -0.25) is 4.79 Å². The maximum atomic E-state index is 11.7. The molecule has 0 saturated heterocycles. The third kappa shape index (κ3) is 9.09. The summed E-state index contributed by atoms with van der Waals surface area (Å²) in [6.45, 7) is 4.67. The van der Waals surface area contributed by atoms with E-state index >= 15 is 0 Å². The van der Waals surface area contributed by atoms with Crippen LogP contribution in [0, 0.1) is 0 Å². The molecular formula is C12H27N3O2. The van der Waals surface area contributed by atoms with Crippen molar-refractivity contribution in [1.29, 1.82) is 0 Å². The van der Waals surface area contributed by atoms with E-state index in [0.717, 1.165) is 32.5 Å². The van der Waals surface area contributed by atoms with E-state index in [1.54, 1.807) is 11.8 Å². The van der Waals surface area contributed by atoms with Crippen LogP contribution in [-0.2, 0) is 4.79 Å². The summed E-state index contributed by atoms with van der Waals surface area (Å²) >= 11 is 0. The zero-order valence-electron chi connectivity index (χ0n) is 11.4. The Morgan fingerprint density at radius 1 is 1.29 bits per heavy atom. The molecule has 0 aliphatic heterocycles. The van der Waals surface area contributed by atoms with Crippen molar-refractivity contribution in [2.45, 2.75) is 32.3 Å². The fourth-order valence-corrected chi connectivity index (χ4v) is 1.45. The van der Waals surface area contributed by atoms with Gasteiger partial charge in [-0.25, -0.2) is 0 Å². The van der Waals surface area contributed by atoms with E-state index in [-0.39, 0.29) is 12.0 Å². The number of nitrogens with zero attached hydrogens (tertiary/aromatic N) is 2. The van der Waals surface area contributed by atoms with Crippen LogP contribution in [0.25, 0.3) is 0 Å². The molecule has 5 nitrogen and oxygen atoms in total. The Bertz CT molecular complexity index is 210. The van der Waals surface area contributed by atoms with Gasteiger partial charge in [0.1, 0.15) is 0 Å². The molecule has 3 N–H and O–H groups in total. The number of aliphatic hydroxyl groups excluding tert-OH is 1. The van der Waals surface area contributed by atoms with Gasteiger partial charge >= 0.3 is 0 Å². The molecule has 0 saturated carbocycles. The van der Waals surface area contributed by atoms with E-state index in [1.807, 2.05) is 14.1 Å². The Morgan fingerprint density at radius 3 is 2.47 bits per heavy atom. The van der Waals surface area contributed by atoms with Gasteiger partial charge in [0.05, 0.1) is 6.10 Å². The lowest BCUT2D eigenvalue weighted by Gasteiger charge is -2.20. The average Bonchev–Trinajstić information content (AvgIpc) is 2.30. The molecule has 17 heavy (non-hydrogen) atoms. The van der Waals surface area contributed by atoms with Crippen LogP contribution < -0.4 is 5.73 Å². The van der Waals surface area contributed by atoms with E-state index in [1.165, 1.54) is 0 Å². The summed E-state index contributed by atoms with van der Waals surface area (Å²) in [5.41, 5.74) is 5.40. The highest BCUT2D eigenvalue weighted by atomic mass is 16.3. The standard InChI is InChI=1S/C12H27N3O2/c1-11(16)5-9-14(2)10-6-12(17)15(3)8-4-7-13/h11,16H,4-10,13H2,1-3H3. The molecule has 0 aromatic heterocycles. The molecule has 1 amide bonds. The number of hydrogen-bond acceptors (Lipinski definition) is 4. The number of aliphatic hydroxyl groups is 1. The van der Waals surface area contributed by atoms with Crippen molar-refractivity contribution in [3.63, 3.8) is 0 Å². The van der Waals surface area contributed by atoms with Gasteiger partial charge in [0.15, 0.2) is 0 Å². The van der Waals surface area contributed by atoms with Crippen LogP contribution in [0.2, 0.25) is 0 Å². The summed E-state index contributed by atoms with van der Waals surface area (Å²) in [5.74, 6) is 0.155. The minimum atomic E-state index is -0.277. The Kier molecular flexibility index (Phi) is 9.03. The molecule has 0 radical (unpaired) electrons. The number of amides is 1. The molecule has 5 heteroatoms. The Labute approximate surface area is 105 Å². The van der Waals surface area contributed by atoms with E-state index in [2.05, 4.69) is 4.90 Å². The normalized spacial score (nSPS) is 12.8. The molecule has 0 spiro atoms. The lowest BCUT2D eigenvalue weighted by atomic mass is 10.2. The summed E-state index contributed by atoms with van der Waals surface area (Å²) in [6, 6.07) is 0. The Morgan fingerprint density at radius 2 is 1.94 bits per heavy atom. The third-order valence-electron chi connectivity index (χ3n) is 2.76. The molecule has 0 rings (SSSR count). The highest BCUT2D eigenvalue weighted by molar-refractivity contribution is 5.76. The van der Waals surface area contributed by atoms with E-state index in [4.69, 9.17) is 10.8 Å². The first kappa shape index (κ1) is 16.4. The topological polar surface area (TPSA) is 69.8 Å². The summed E-state index contributed by atoms with van der Waals surface area (Å²) < 4.78 is 0. The molecule has 0 aliphatic carbocycles. The summed E-state index contributed by atoms with van der Waals surface area (Å²) in [4.78, 5) is 15.5. The minimum absolute atomic E-state index is 0.155. The second-order valence-electron chi connectivity index (χ2n) is 4.65. The SMILES string of the molecule is CC(O)CCN(C)CCC(=O)N(C)CCCN. The zero-order valence-corrected chi connectivity index (χ0v) is 11.4. The number of nitrogens with two attached hydrogens (primary N) is 1. The van der Waals surface area contributed by atoms with Crippen molar-refractivity contribution in [2.75, 3.05) is 40.3 Å². The highest BCUT2D eigenvalue weighted by Gasteiger charge is 2.09. The second kappa shape index (κ2) is 9.39. The monoisotopic (exact) mass is 245 g/mol. The van der Waals surface area contributed by atoms with Crippen LogP contribution in [0.15, 0.2) is 0 Å². The molecule has 1 atom stereocenters. The van der Waals surface area contributed by atoms with Gasteiger partial charge in [-0.1, -0.05) is 0 Å². The van der Waals surface area contributed by atoms with Crippen molar-refractivity contribution in [1.82, 2.24) is 9.80 Å². The quantitative estimate of drug-likeness (QED) is 0.594. The molecule has 1 unspecified atom stereocenters. The first-order valence-corrected chi connectivity index (χ1v) is 6.28. The predicted octanol–water partition coefficient (Wildman–Crippen LogP) is -0.114. The smallest absolute Gasteiger partial charge is 0.223 e. The van der Waals surface area contributed by atoms with E-state index < -0.39 is 0 Å². The van der Waals surface area contributed by atoms with Crippen LogP contribution >= 0.6 is 0 Å². The van der Waals surface area contributed by atoms with Crippen molar-refractivity contribution >= 4 is 5.91 Å². The minimum Gasteiger partial charge on any atom is -0.393 e. The van der Waals surface area contributed by atoms with Gasteiger partial charge in [-0.2, -0.15) is 0 Å². The molecule has 0 fully saturated rings. The van der Waals surface area contributed by atoms with Crippen LogP contribution in [0.5, 0.6) is 0 Å². The van der Waals surface area contributed by atoms with E-state index in [0.29, 0.717) is 13.0 Å². The molecule has 0 aliphatic rings. The first-order valence-electron chi connectivity index (χ1n) is 6.28. The lowest BCUT2D eigenvalue weighted by Crippen LogP contribution is -2.32. The Balaban J connectivity index is 3.67. The van der Waals surface area contributed by atoms with Gasteiger partial charge in [0.25, 0.3) is 0 Å². The van der Waals surface area contributed by atoms with E-state index in [9.17, 15) is 4.79 Å². The maximum absolute atomic E-state index is 11.7.